The summed E-state index contributed by atoms with van der Waals surface area (Å²) in [6.07, 6.45) is 7.66. The average Bonchev–Trinajstić information content (AvgIpc) is 2.94. The Kier molecular flexibility index (Phi) is 3.33. The molecule has 19 heavy (non-hydrogen) atoms. The molecular formula is C13H20N6. The minimum atomic E-state index is 0.471. The van der Waals surface area contributed by atoms with Crippen LogP contribution in [0, 0.1) is 0 Å². The summed E-state index contributed by atoms with van der Waals surface area (Å²) >= 11 is 0. The number of rotatable bonds is 3. The van der Waals surface area contributed by atoms with Crippen LogP contribution >= 0.6 is 0 Å². The molecule has 0 radical (unpaired) electrons. The summed E-state index contributed by atoms with van der Waals surface area (Å²) in [4.78, 5) is 6.93. The van der Waals surface area contributed by atoms with Gasteiger partial charge < -0.3 is 10.2 Å². The quantitative estimate of drug-likeness (QED) is 0.895. The van der Waals surface area contributed by atoms with Crippen molar-refractivity contribution in [3.8, 4) is 0 Å². The molecule has 0 aromatic carbocycles. The van der Waals surface area contributed by atoms with E-state index in [2.05, 4.69) is 39.2 Å². The van der Waals surface area contributed by atoms with Gasteiger partial charge in [-0.2, -0.15) is 0 Å². The third-order valence-corrected chi connectivity index (χ3v) is 3.93. The molecule has 0 amide bonds. The maximum Gasteiger partial charge on any atom is 0.203 e. The zero-order valence-corrected chi connectivity index (χ0v) is 11.5. The Labute approximate surface area is 112 Å². The van der Waals surface area contributed by atoms with Gasteiger partial charge in [0.05, 0.1) is 0 Å². The van der Waals surface area contributed by atoms with Gasteiger partial charge in [0.25, 0.3) is 0 Å². The lowest BCUT2D eigenvalue weighted by molar-refractivity contribution is 0.377. The first-order valence-corrected chi connectivity index (χ1v) is 6.97. The number of anilines is 1. The van der Waals surface area contributed by atoms with Gasteiger partial charge in [0.2, 0.25) is 5.65 Å². The smallest absolute Gasteiger partial charge is 0.203 e. The number of aromatic nitrogens is 4. The maximum atomic E-state index is 4.54. The first-order valence-electron chi connectivity index (χ1n) is 6.97. The standard InChI is InChI=1S/C13H20N6/c1-3-10-8-19(11(4-2)7-15-10)12-13-17-16-9-18(13)6-5-14-12/h5-6,9-11,15H,3-4,7-8H2,1-2H3. The Morgan fingerprint density at radius 3 is 3.05 bits per heavy atom. The highest BCUT2D eigenvalue weighted by molar-refractivity contribution is 5.64. The first kappa shape index (κ1) is 12.3. The second-order valence-electron chi connectivity index (χ2n) is 5.04. The van der Waals surface area contributed by atoms with Gasteiger partial charge in [-0.25, -0.2) is 4.98 Å². The Morgan fingerprint density at radius 1 is 1.37 bits per heavy atom. The van der Waals surface area contributed by atoms with E-state index in [9.17, 15) is 0 Å². The number of fused-ring (bicyclic) bond motifs is 1. The molecule has 1 N–H and O–H groups in total. The summed E-state index contributed by atoms with van der Waals surface area (Å²) in [6, 6.07) is 0.992. The largest absolute Gasteiger partial charge is 0.348 e. The number of piperazine rings is 1. The number of hydrogen-bond acceptors (Lipinski definition) is 5. The van der Waals surface area contributed by atoms with Crippen molar-refractivity contribution in [2.75, 3.05) is 18.0 Å². The molecule has 1 fully saturated rings. The molecule has 0 saturated carbocycles. The van der Waals surface area contributed by atoms with Gasteiger partial charge in [-0.1, -0.05) is 13.8 Å². The van der Waals surface area contributed by atoms with E-state index < -0.39 is 0 Å². The predicted molar refractivity (Wildman–Crippen MR) is 74.3 cm³/mol. The van der Waals surface area contributed by atoms with Gasteiger partial charge >= 0.3 is 0 Å². The molecule has 0 spiro atoms. The van der Waals surface area contributed by atoms with Crippen molar-refractivity contribution in [1.29, 1.82) is 0 Å². The molecule has 6 nitrogen and oxygen atoms in total. The molecule has 0 aliphatic carbocycles. The number of hydrogen-bond donors (Lipinski definition) is 1. The monoisotopic (exact) mass is 260 g/mol. The van der Waals surface area contributed by atoms with Crippen LogP contribution in [0.3, 0.4) is 0 Å². The summed E-state index contributed by atoms with van der Waals surface area (Å²) in [5.74, 6) is 0.951. The summed E-state index contributed by atoms with van der Waals surface area (Å²) in [5.41, 5.74) is 0.845. The second kappa shape index (κ2) is 5.13. The van der Waals surface area contributed by atoms with E-state index in [1.165, 1.54) is 0 Å². The van der Waals surface area contributed by atoms with Crippen molar-refractivity contribution in [3.05, 3.63) is 18.7 Å². The van der Waals surface area contributed by atoms with E-state index in [0.29, 0.717) is 12.1 Å². The zero-order valence-electron chi connectivity index (χ0n) is 11.5. The van der Waals surface area contributed by atoms with Crippen LogP contribution in [-0.2, 0) is 0 Å². The van der Waals surface area contributed by atoms with Crippen molar-refractivity contribution in [1.82, 2.24) is 24.9 Å². The fraction of sp³-hybridized carbons (Fsp3) is 0.615. The van der Waals surface area contributed by atoms with E-state index in [1.807, 2.05) is 16.8 Å². The van der Waals surface area contributed by atoms with Crippen LogP contribution in [0.25, 0.3) is 5.65 Å². The zero-order chi connectivity index (χ0) is 13.2. The molecule has 1 aliphatic heterocycles. The molecule has 2 unspecified atom stereocenters. The highest BCUT2D eigenvalue weighted by atomic mass is 15.3. The second-order valence-corrected chi connectivity index (χ2v) is 5.04. The molecule has 1 saturated heterocycles. The van der Waals surface area contributed by atoms with E-state index >= 15 is 0 Å². The van der Waals surface area contributed by atoms with Crippen molar-refractivity contribution in [2.45, 2.75) is 38.8 Å². The molecule has 2 aromatic heterocycles. The molecule has 102 valence electrons. The van der Waals surface area contributed by atoms with E-state index in [4.69, 9.17) is 0 Å². The molecule has 2 atom stereocenters. The van der Waals surface area contributed by atoms with E-state index in [0.717, 1.165) is 37.4 Å². The fourth-order valence-electron chi connectivity index (χ4n) is 2.71. The summed E-state index contributed by atoms with van der Waals surface area (Å²) < 4.78 is 1.93. The van der Waals surface area contributed by atoms with Crippen molar-refractivity contribution < 1.29 is 0 Å². The third-order valence-electron chi connectivity index (χ3n) is 3.93. The lowest BCUT2D eigenvalue weighted by Gasteiger charge is -2.40. The Balaban J connectivity index is 1.99. The van der Waals surface area contributed by atoms with Gasteiger partial charge in [-0.05, 0) is 12.8 Å². The minimum Gasteiger partial charge on any atom is -0.348 e. The molecule has 0 bridgehead atoms. The Hall–Kier alpha value is -1.69. The number of nitrogens with one attached hydrogen (secondary N) is 1. The fourth-order valence-corrected chi connectivity index (χ4v) is 2.71. The topological polar surface area (TPSA) is 58.4 Å². The van der Waals surface area contributed by atoms with Crippen LogP contribution < -0.4 is 10.2 Å². The van der Waals surface area contributed by atoms with Crippen LogP contribution in [0.4, 0.5) is 5.82 Å². The summed E-state index contributed by atoms with van der Waals surface area (Å²) in [7, 11) is 0. The third kappa shape index (κ3) is 2.16. The van der Waals surface area contributed by atoms with Crippen molar-refractivity contribution >= 4 is 11.5 Å². The lowest BCUT2D eigenvalue weighted by Crippen LogP contribution is -2.56. The van der Waals surface area contributed by atoms with Gasteiger partial charge in [-0.15, -0.1) is 10.2 Å². The van der Waals surface area contributed by atoms with Crippen LogP contribution in [0.2, 0.25) is 0 Å². The average molecular weight is 260 g/mol. The normalized spacial score (nSPS) is 24.0. The minimum absolute atomic E-state index is 0.471. The van der Waals surface area contributed by atoms with Gasteiger partial charge in [0, 0.05) is 37.6 Å². The van der Waals surface area contributed by atoms with E-state index in [1.54, 1.807) is 6.33 Å². The molecule has 6 heteroatoms. The van der Waals surface area contributed by atoms with Gasteiger partial charge in [-0.3, -0.25) is 4.40 Å². The lowest BCUT2D eigenvalue weighted by atomic mass is 10.1. The molecule has 1 aliphatic rings. The van der Waals surface area contributed by atoms with Crippen LogP contribution in [-0.4, -0.2) is 44.8 Å². The van der Waals surface area contributed by atoms with Crippen LogP contribution in [0.1, 0.15) is 26.7 Å². The van der Waals surface area contributed by atoms with Crippen LogP contribution in [0.15, 0.2) is 18.7 Å². The molecular weight excluding hydrogens is 240 g/mol. The van der Waals surface area contributed by atoms with Gasteiger partial charge in [0.15, 0.2) is 5.82 Å². The maximum absolute atomic E-state index is 4.54. The molecule has 2 aromatic rings. The Bertz CT molecular complexity index is 551. The summed E-state index contributed by atoms with van der Waals surface area (Å²) in [5, 5.41) is 11.8. The SMILES string of the molecule is CCC1CN(c2nccn3cnnc23)C(CC)CN1. The predicted octanol–water partition coefficient (Wildman–Crippen LogP) is 1.09. The van der Waals surface area contributed by atoms with Gasteiger partial charge in [0.1, 0.15) is 6.33 Å². The van der Waals surface area contributed by atoms with Crippen molar-refractivity contribution in [2.24, 2.45) is 0 Å². The number of nitrogens with zero attached hydrogens (tertiary/aromatic N) is 5. The van der Waals surface area contributed by atoms with Crippen molar-refractivity contribution in [3.63, 3.8) is 0 Å². The first-order chi connectivity index (χ1) is 9.33. The van der Waals surface area contributed by atoms with E-state index in [-0.39, 0.29) is 0 Å². The molecule has 3 heterocycles. The van der Waals surface area contributed by atoms with Crippen LogP contribution in [0.5, 0.6) is 0 Å². The Morgan fingerprint density at radius 2 is 2.26 bits per heavy atom. The highest BCUT2D eigenvalue weighted by Gasteiger charge is 2.28. The molecule has 3 rings (SSSR count). The summed E-state index contributed by atoms with van der Waals surface area (Å²) in [6.45, 7) is 6.42. The highest BCUT2D eigenvalue weighted by Crippen LogP contribution is 2.23.